The van der Waals surface area contributed by atoms with Crippen LogP contribution in [0.1, 0.15) is 75.9 Å². The minimum absolute atomic E-state index is 0.0830. The van der Waals surface area contributed by atoms with Crippen LogP contribution in [0, 0.1) is 6.92 Å². The molecule has 0 amide bonds. The maximum atomic E-state index is 12.6. The van der Waals surface area contributed by atoms with Gasteiger partial charge >= 0.3 is 5.97 Å². The highest BCUT2D eigenvalue weighted by molar-refractivity contribution is 7.99. The number of fused-ring (bicyclic) bond motifs is 1. The van der Waals surface area contributed by atoms with Gasteiger partial charge in [-0.25, -0.2) is 4.68 Å². The number of thioether (sulfide) groups is 1. The van der Waals surface area contributed by atoms with Gasteiger partial charge in [-0.15, -0.1) is 21.5 Å². The van der Waals surface area contributed by atoms with Gasteiger partial charge < -0.3 is 4.74 Å². The van der Waals surface area contributed by atoms with E-state index < -0.39 is 0 Å². The Morgan fingerprint density at radius 3 is 2.51 bits per heavy atom. The molecule has 0 aliphatic heterocycles. The summed E-state index contributed by atoms with van der Waals surface area (Å²) in [6.45, 7) is 2.06. The van der Waals surface area contributed by atoms with Gasteiger partial charge in [0, 0.05) is 11.4 Å². The molecule has 2 fully saturated rings. The monoisotopic (exact) mass is 535 g/mol. The summed E-state index contributed by atoms with van der Waals surface area (Å²) in [7, 11) is 0. The number of carbonyl (C=O) groups excluding carboxylic acids is 1. The third-order valence-electron chi connectivity index (χ3n) is 7.54. The van der Waals surface area contributed by atoms with Gasteiger partial charge in [0.05, 0.1) is 22.0 Å². The van der Waals surface area contributed by atoms with Crippen LogP contribution in [0.3, 0.4) is 0 Å². The summed E-state index contributed by atoms with van der Waals surface area (Å²) < 4.78 is 10.1. The first-order chi connectivity index (χ1) is 18.2. The van der Waals surface area contributed by atoms with E-state index in [9.17, 15) is 4.79 Å². The number of nitrogens with zero attached hydrogens (tertiary/aromatic N) is 5. The summed E-state index contributed by atoms with van der Waals surface area (Å²) in [4.78, 5) is 14.8. The number of thiophene rings is 1. The standard InChI is InChI=1S/C28H33N5O2S2/c1-19-23-17-24(37-27(23)33(31-19)21-13-7-3-8-14-21)26-29-30-28(32(26)20-11-5-2-6-12-20)36-18-25(34)35-22-15-9-4-10-16-22/h3,7-8,13-14,17,20,22H,2,4-6,9-12,15-16,18H2,1H3. The molecule has 4 aromatic rings. The number of carbonyl (C=O) groups is 1. The predicted octanol–water partition coefficient (Wildman–Crippen LogP) is 7.13. The van der Waals surface area contributed by atoms with E-state index in [4.69, 9.17) is 9.84 Å². The van der Waals surface area contributed by atoms with Gasteiger partial charge in [0.25, 0.3) is 0 Å². The molecule has 2 aliphatic rings. The Balaban J connectivity index is 1.30. The van der Waals surface area contributed by atoms with E-state index in [2.05, 4.69) is 39.9 Å². The highest BCUT2D eigenvalue weighted by Crippen LogP contribution is 2.40. The van der Waals surface area contributed by atoms with Crippen molar-refractivity contribution < 1.29 is 9.53 Å². The fourth-order valence-electron chi connectivity index (χ4n) is 5.64. The molecule has 0 N–H and O–H groups in total. The van der Waals surface area contributed by atoms with E-state index in [0.29, 0.717) is 6.04 Å². The van der Waals surface area contributed by atoms with E-state index >= 15 is 0 Å². The van der Waals surface area contributed by atoms with Crippen molar-refractivity contribution in [1.29, 1.82) is 0 Å². The Bertz CT molecular complexity index is 1360. The normalized spacial score (nSPS) is 17.4. The molecule has 0 spiro atoms. The van der Waals surface area contributed by atoms with Crippen molar-refractivity contribution in [3.05, 3.63) is 42.1 Å². The zero-order valence-corrected chi connectivity index (χ0v) is 22.9. The smallest absolute Gasteiger partial charge is 0.316 e. The van der Waals surface area contributed by atoms with E-state index in [1.54, 1.807) is 11.3 Å². The van der Waals surface area contributed by atoms with Gasteiger partial charge in [0.1, 0.15) is 10.9 Å². The van der Waals surface area contributed by atoms with Gasteiger partial charge in [-0.2, -0.15) is 5.10 Å². The molecule has 0 saturated heterocycles. The molecule has 3 aromatic heterocycles. The largest absolute Gasteiger partial charge is 0.462 e. The lowest BCUT2D eigenvalue weighted by atomic mass is 9.95. The Labute approximate surface area is 225 Å². The van der Waals surface area contributed by atoms with Crippen molar-refractivity contribution >= 4 is 39.3 Å². The zero-order valence-electron chi connectivity index (χ0n) is 21.3. The van der Waals surface area contributed by atoms with Crippen LogP contribution in [0.15, 0.2) is 41.6 Å². The van der Waals surface area contributed by atoms with E-state index in [1.165, 1.54) is 37.4 Å². The topological polar surface area (TPSA) is 74.8 Å². The van der Waals surface area contributed by atoms with Crippen molar-refractivity contribution in [3.8, 4) is 16.4 Å². The molecule has 1 aromatic carbocycles. The third kappa shape index (κ3) is 5.21. The highest BCUT2D eigenvalue weighted by atomic mass is 32.2. The molecule has 2 aliphatic carbocycles. The molecule has 0 unspecified atom stereocenters. The highest BCUT2D eigenvalue weighted by Gasteiger charge is 2.27. The van der Waals surface area contributed by atoms with Crippen LogP contribution in [-0.4, -0.2) is 42.4 Å². The average Bonchev–Trinajstić information content (AvgIpc) is 3.63. The van der Waals surface area contributed by atoms with Crippen molar-refractivity contribution in [2.75, 3.05) is 5.75 Å². The molecule has 0 atom stereocenters. The number of benzene rings is 1. The number of rotatable bonds is 7. The van der Waals surface area contributed by atoms with Gasteiger partial charge in [-0.1, -0.05) is 55.6 Å². The van der Waals surface area contributed by atoms with Gasteiger partial charge in [0.15, 0.2) is 11.0 Å². The molecule has 2 saturated carbocycles. The summed E-state index contributed by atoms with van der Waals surface area (Å²) >= 11 is 3.17. The lowest BCUT2D eigenvalue weighted by Crippen LogP contribution is -2.22. The Morgan fingerprint density at radius 2 is 1.76 bits per heavy atom. The lowest BCUT2D eigenvalue weighted by Gasteiger charge is -2.25. The average molecular weight is 536 g/mol. The fraction of sp³-hybridized carbons (Fsp3) is 0.500. The number of hydrogen-bond acceptors (Lipinski definition) is 7. The second-order valence-corrected chi connectivity index (χ2v) is 12.1. The van der Waals surface area contributed by atoms with Crippen LogP contribution < -0.4 is 0 Å². The number of ether oxygens (including phenoxy) is 1. The summed E-state index contributed by atoms with van der Waals surface area (Å²) in [5.74, 6) is 1.03. The molecular formula is C28H33N5O2S2. The molecule has 9 heteroatoms. The van der Waals surface area contributed by atoms with Crippen molar-refractivity contribution in [2.45, 2.75) is 88.4 Å². The number of aromatic nitrogens is 5. The van der Waals surface area contributed by atoms with E-state index in [0.717, 1.165) is 76.0 Å². The first-order valence-corrected chi connectivity index (χ1v) is 15.3. The second kappa shape index (κ2) is 11.0. The number of hydrogen-bond donors (Lipinski definition) is 0. The summed E-state index contributed by atoms with van der Waals surface area (Å²) in [5.41, 5.74) is 2.06. The van der Waals surface area contributed by atoms with Crippen LogP contribution in [-0.2, 0) is 9.53 Å². The molecular weight excluding hydrogens is 502 g/mol. The third-order valence-corrected chi connectivity index (χ3v) is 9.56. The summed E-state index contributed by atoms with van der Waals surface area (Å²) in [6, 6.07) is 12.8. The maximum absolute atomic E-state index is 12.6. The summed E-state index contributed by atoms with van der Waals surface area (Å²) in [5, 5.41) is 16.0. The molecule has 37 heavy (non-hydrogen) atoms. The number of para-hydroxylation sites is 1. The Hall–Kier alpha value is -2.65. The molecule has 0 bridgehead atoms. The van der Waals surface area contributed by atoms with Crippen LogP contribution in [0.2, 0.25) is 0 Å². The number of aryl methyl sites for hydroxylation is 1. The Morgan fingerprint density at radius 1 is 1.03 bits per heavy atom. The SMILES string of the molecule is Cc1nn(-c2ccccc2)c2sc(-c3nnc(SCC(=O)OC4CCCCC4)n3C3CCCCC3)cc12. The molecule has 194 valence electrons. The first-order valence-electron chi connectivity index (χ1n) is 13.5. The zero-order chi connectivity index (χ0) is 25.2. The molecule has 0 radical (unpaired) electrons. The molecule has 6 rings (SSSR count). The van der Waals surface area contributed by atoms with Crippen molar-refractivity contribution in [1.82, 2.24) is 24.5 Å². The minimum Gasteiger partial charge on any atom is -0.462 e. The summed E-state index contributed by atoms with van der Waals surface area (Å²) in [6.07, 6.45) is 11.6. The quantitative estimate of drug-likeness (QED) is 0.185. The molecule has 7 nitrogen and oxygen atoms in total. The van der Waals surface area contributed by atoms with Crippen LogP contribution in [0.4, 0.5) is 0 Å². The lowest BCUT2D eigenvalue weighted by molar-refractivity contribution is -0.147. The first kappa shape index (κ1) is 24.7. The van der Waals surface area contributed by atoms with Crippen LogP contribution in [0.5, 0.6) is 0 Å². The maximum Gasteiger partial charge on any atom is 0.316 e. The van der Waals surface area contributed by atoms with E-state index in [-0.39, 0.29) is 17.8 Å². The van der Waals surface area contributed by atoms with Crippen molar-refractivity contribution in [3.63, 3.8) is 0 Å². The fourth-order valence-corrected chi connectivity index (χ4v) is 7.59. The van der Waals surface area contributed by atoms with Crippen molar-refractivity contribution in [2.24, 2.45) is 0 Å². The van der Waals surface area contributed by atoms with Gasteiger partial charge in [-0.05, 0) is 63.6 Å². The van der Waals surface area contributed by atoms with Gasteiger partial charge in [-0.3, -0.25) is 9.36 Å². The Kier molecular flexibility index (Phi) is 7.33. The van der Waals surface area contributed by atoms with E-state index in [1.807, 2.05) is 22.9 Å². The molecule has 3 heterocycles. The predicted molar refractivity (Wildman–Crippen MR) is 149 cm³/mol. The minimum atomic E-state index is -0.142. The van der Waals surface area contributed by atoms with Crippen LogP contribution >= 0.6 is 23.1 Å². The van der Waals surface area contributed by atoms with Crippen LogP contribution in [0.25, 0.3) is 26.6 Å². The number of esters is 1. The second-order valence-electron chi connectivity index (χ2n) is 10.2. The van der Waals surface area contributed by atoms with Gasteiger partial charge in [0.2, 0.25) is 0 Å².